The summed E-state index contributed by atoms with van der Waals surface area (Å²) in [7, 11) is -3.27. The van der Waals surface area contributed by atoms with Gasteiger partial charge in [-0.05, 0) is 12.1 Å². The van der Waals surface area contributed by atoms with Crippen LogP contribution in [0.1, 0.15) is 6.42 Å². The number of hydrogen-bond acceptors (Lipinski definition) is 5. The number of ether oxygens (including phenoxy) is 1. The molecule has 2 N–H and O–H groups in total. The summed E-state index contributed by atoms with van der Waals surface area (Å²) in [5.41, 5.74) is 0. The van der Waals surface area contributed by atoms with E-state index in [-0.39, 0.29) is 10.0 Å². The molecule has 1 atom stereocenters. The van der Waals surface area contributed by atoms with Crippen LogP contribution in [0.4, 0.5) is 0 Å². The van der Waals surface area contributed by atoms with Crippen molar-refractivity contribution in [2.45, 2.75) is 17.4 Å². The summed E-state index contributed by atoms with van der Waals surface area (Å²) >= 11 is 11.5. The number of benzene rings is 1. The quantitative estimate of drug-likeness (QED) is 0.744. The normalized spacial score (nSPS) is 12.7. The number of carbonyl (C=O) groups is 2. The molecule has 1 aromatic carbocycles. The Morgan fingerprint density at radius 3 is 2.29 bits per heavy atom. The van der Waals surface area contributed by atoms with E-state index in [1.807, 2.05) is 4.72 Å². The Hall–Kier alpha value is -1.35. The predicted octanol–water partition coefficient (Wildman–Crippen LogP) is 1.29. The molecule has 0 aliphatic rings. The Labute approximate surface area is 130 Å². The molecule has 21 heavy (non-hydrogen) atoms. The van der Waals surface area contributed by atoms with Crippen LogP contribution in [0.5, 0.6) is 0 Å². The maximum atomic E-state index is 12.2. The predicted molar refractivity (Wildman–Crippen MR) is 74.8 cm³/mol. The van der Waals surface area contributed by atoms with Crippen LogP contribution in [0.2, 0.25) is 10.0 Å². The Morgan fingerprint density at radius 2 is 1.86 bits per heavy atom. The number of hydrogen-bond donors (Lipinski definition) is 2. The lowest BCUT2D eigenvalue weighted by Gasteiger charge is -2.15. The zero-order valence-corrected chi connectivity index (χ0v) is 13.0. The molecule has 0 unspecified atom stereocenters. The summed E-state index contributed by atoms with van der Waals surface area (Å²) in [5.74, 6) is -2.41. The van der Waals surface area contributed by atoms with Gasteiger partial charge in [-0.1, -0.05) is 29.3 Å². The summed E-state index contributed by atoms with van der Waals surface area (Å²) < 4.78 is 30.5. The Balaban J connectivity index is 3.13. The number of methoxy groups -OCH3 is 1. The number of rotatable bonds is 6. The van der Waals surface area contributed by atoms with E-state index in [1.165, 1.54) is 18.2 Å². The van der Waals surface area contributed by atoms with Crippen molar-refractivity contribution in [2.24, 2.45) is 0 Å². The highest BCUT2D eigenvalue weighted by Crippen LogP contribution is 2.29. The van der Waals surface area contributed by atoms with Crippen molar-refractivity contribution < 1.29 is 27.9 Å². The van der Waals surface area contributed by atoms with Gasteiger partial charge in [0.15, 0.2) is 0 Å². The number of esters is 1. The first-order valence-electron chi connectivity index (χ1n) is 5.45. The Kier molecular flexibility index (Phi) is 5.97. The fourth-order valence-electron chi connectivity index (χ4n) is 1.41. The molecule has 0 bridgehead atoms. The molecule has 0 aliphatic heterocycles. The molecule has 0 spiro atoms. The van der Waals surface area contributed by atoms with Crippen molar-refractivity contribution in [3.05, 3.63) is 28.2 Å². The van der Waals surface area contributed by atoms with Gasteiger partial charge >= 0.3 is 11.9 Å². The molecule has 1 aromatic rings. The molecule has 1 rings (SSSR count). The van der Waals surface area contributed by atoms with Gasteiger partial charge in [0.05, 0.1) is 23.6 Å². The lowest BCUT2D eigenvalue weighted by Crippen LogP contribution is -2.42. The van der Waals surface area contributed by atoms with Gasteiger partial charge in [-0.25, -0.2) is 8.42 Å². The van der Waals surface area contributed by atoms with E-state index in [1.54, 1.807) is 0 Å². The third-order valence-electron chi connectivity index (χ3n) is 2.38. The van der Waals surface area contributed by atoms with Gasteiger partial charge in [-0.3, -0.25) is 9.59 Å². The van der Waals surface area contributed by atoms with Crippen molar-refractivity contribution >= 4 is 45.2 Å². The van der Waals surface area contributed by atoms with Crippen molar-refractivity contribution in [3.63, 3.8) is 0 Å². The molecule has 0 saturated heterocycles. The van der Waals surface area contributed by atoms with Crippen LogP contribution in [-0.2, 0) is 24.3 Å². The largest absolute Gasteiger partial charge is 0.480 e. The van der Waals surface area contributed by atoms with Crippen LogP contribution in [0.15, 0.2) is 23.1 Å². The number of nitrogens with one attached hydrogen (secondary N) is 1. The SMILES string of the molecule is COC(=O)C[C@H](NS(=O)(=O)c1c(Cl)cccc1Cl)C(=O)O. The molecule has 0 amide bonds. The molecule has 10 heteroatoms. The van der Waals surface area contributed by atoms with E-state index < -0.39 is 39.3 Å². The second-order valence-electron chi connectivity index (χ2n) is 3.84. The van der Waals surface area contributed by atoms with E-state index in [9.17, 15) is 18.0 Å². The standard InChI is InChI=1S/C11H11Cl2NO6S/c1-20-9(15)5-8(11(16)17)14-21(18,19)10-6(12)3-2-4-7(10)13/h2-4,8,14H,5H2,1H3,(H,16,17)/t8-/m0/s1. The van der Waals surface area contributed by atoms with Gasteiger partial charge in [-0.15, -0.1) is 0 Å². The van der Waals surface area contributed by atoms with Crippen LogP contribution in [0.25, 0.3) is 0 Å². The monoisotopic (exact) mass is 355 g/mol. The van der Waals surface area contributed by atoms with Crippen LogP contribution in [-0.4, -0.2) is 38.6 Å². The molecule has 0 saturated carbocycles. The molecule has 7 nitrogen and oxygen atoms in total. The van der Waals surface area contributed by atoms with Gasteiger partial charge in [0.1, 0.15) is 10.9 Å². The lowest BCUT2D eigenvalue weighted by molar-refractivity contribution is -0.147. The number of aliphatic carboxylic acids is 1. The van der Waals surface area contributed by atoms with E-state index >= 15 is 0 Å². The van der Waals surface area contributed by atoms with Crippen molar-refractivity contribution in [3.8, 4) is 0 Å². The highest BCUT2D eigenvalue weighted by Gasteiger charge is 2.30. The summed E-state index contributed by atoms with van der Waals surface area (Å²) in [6, 6.07) is 2.32. The topological polar surface area (TPSA) is 110 Å². The smallest absolute Gasteiger partial charge is 0.322 e. The van der Waals surface area contributed by atoms with Crippen LogP contribution >= 0.6 is 23.2 Å². The van der Waals surface area contributed by atoms with E-state index in [4.69, 9.17) is 28.3 Å². The second kappa shape index (κ2) is 7.08. The van der Waals surface area contributed by atoms with Gasteiger partial charge in [0.2, 0.25) is 10.0 Å². The first kappa shape index (κ1) is 17.7. The first-order chi connectivity index (χ1) is 9.69. The van der Waals surface area contributed by atoms with Gasteiger partial charge in [0, 0.05) is 0 Å². The minimum absolute atomic E-state index is 0.169. The molecule has 0 aromatic heterocycles. The highest BCUT2D eigenvalue weighted by molar-refractivity contribution is 7.89. The van der Waals surface area contributed by atoms with Crippen molar-refractivity contribution in [1.29, 1.82) is 0 Å². The molecule has 0 heterocycles. The second-order valence-corrected chi connectivity index (χ2v) is 6.31. The molecular weight excluding hydrogens is 345 g/mol. The van der Waals surface area contributed by atoms with Crippen molar-refractivity contribution in [2.75, 3.05) is 7.11 Å². The average molecular weight is 356 g/mol. The third kappa shape index (κ3) is 4.57. The Bertz CT molecular complexity index is 640. The van der Waals surface area contributed by atoms with Crippen molar-refractivity contribution in [1.82, 2.24) is 4.72 Å². The number of carbonyl (C=O) groups excluding carboxylic acids is 1. The molecule has 0 radical (unpaired) electrons. The number of carboxylic acids is 1. The van der Waals surface area contributed by atoms with Crippen LogP contribution in [0, 0.1) is 0 Å². The molecular formula is C11H11Cl2NO6S. The number of carboxylic acid groups (broad SMARTS) is 1. The number of halogens is 2. The van der Waals surface area contributed by atoms with Gasteiger partial charge < -0.3 is 9.84 Å². The fourth-order valence-corrected chi connectivity index (χ4v) is 3.75. The Morgan fingerprint density at radius 1 is 1.33 bits per heavy atom. The zero-order valence-electron chi connectivity index (χ0n) is 10.7. The maximum absolute atomic E-state index is 12.2. The average Bonchev–Trinajstić information content (AvgIpc) is 2.36. The molecule has 116 valence electrons. The zero-order chi connectivity index (χ0) is 16.2. The minimum atomic E-state index is -4.32. The molecule has 0 aliphatic carbocycles. The summed E-state index contributed by atoms with van der Waals surface area (Å²) in [4.78, 5) is 21.7. The van der Waals surface area contributed by atoms with E-state index in [0.717, 1.165) is 7.11 Å². The lowest BCUT2D eigenvalue weighted by atomic mass is 10.2. The molecule has 0 fully saturated rings. The summed E-state index contributed by atoms with van der Waals surface area (Å²) in [6.07, 6.45) is -0.673. The summed E-state index contributed by atoms with van der Waals surface area (Å²) in [5, 5.41) is 8.63. The third-order valence-corrected chi connectivity index (χ3v) is 4.81. The first-order valence-corrected chi connectivity index (χ1v) is 7.69. The summed E-state index contributed by atoms with van der Waals surface area (Å²) in [6.45, 7) is 0. The number of sulfonamides is 1. The van der Waals surface area contributed by atoms with E-state index in [0.29, 0.717) is 0 Å². The van der Waals surface area contributed by atoms with Gasteiger partial charge in [0.25, 0.3) is 0 Å². The van der Waals surface area contributed by atoms with E-state index in [2.05, 4.69) is 4.74 Å². The minimum Gasteiger partial charge on any atom is -0.480 e. The maximum Gasteiger partial charge on any atom is 0.322 e. The van der Waals surface area contributed by atoms with Gasteiger partial charge in [-0.2, -0.15) is 4.72 Å². The van der Waals surface area contributed by atoms with Crippen LogP contribution < -0.4 is 4.72 Å². The highest BCUT2D eigenvalue weighted by atomic mass is 35.5. The van der Waals surface area contributed by atoms with Crippen LogP contribution in [0.3, 0.4) is 0 Å². The fraction of sp³-hybridized carbons (Fsp3) is 0.273.